The summed E-state index contributed by atoms with van der Waals surface area (Å²) in [5, 5.41) is 1.10. The van der Waals surface area contributed by atoms with Gasteiger partial charge in [-0.25, -0.2) is 4.98 Å². The Balaban J connectivity index is 1.96. The maximum Gasteiger partial charge on any atom is 0.106 e. The fraction of sp³-hybridized carbons (Fsp3) is 0.588. The number of alkyl halides is 1. The van der Waals surface area contributed by atoms with E-state index in [-0.39, 0.29) is 0 Å². The van der Waals surface area contributed by atoms with Gasteiger partial charge in [0.25, 0.3) is 0 Å². The van der Waals surface area contributed by atoms with E-state index in [1.165, 1.54) is 44.0 Å². The molecule has 2 nitrogen and oxygen atoms in total. The van der Waals surface area contributed by atoms with Crippen LogP contribution >= 0.6 is 15.9 Å². The molecule has 1 aliphatic carbocycles. The molecular formula is C17H23BrN2. The standard InChI is InChI=1S/C17H23BrN2/c1-14-19-15-8-4-5-9-16(15)20(14)13-17(12-18)10-6-2-3-7-11-17/h4-5,8-9H,2-3,6-7,10-13H2,1H3. The molecule has 1 aromatic carbocycles. The molecule has 0 aliphatic heterocycles. The summed E-state index contributed by atoms with van der Waals surface area (Å²) in [5.41, 5.74) is 2.82. The minimum absolute atomic E-state index is 0.407. The zero-order chi connectivity index (χ0) is 14.0. The fourth-order valence-electron chi connectivity index (χ4n) is 3.54. The van der Waals surface area contributed by atoms with Crippen molar-refractivity contribution < 1.29 is 0 Å². The lowest BCUT2D eigenvalue weighted by Crippen LogP contribution is -2.28. The van der Waals surface area contributed by atoms with Gasteiger partial charge in [0.15, 0.2) is 0 Å². The number of hydrogen-bond donors (Lipinski definition) is 0. The summed E-state index contributed by atoms with van der Waals surface area (Å²) in [6.45, 7) is 3.24. The van der Waals surface area contributed by atoms with Crippen LogP contribution in [0.1, 0.15) is 44.3 Å². The summed E-state index contributed by atoms with van der Waals surface area (Å²) >= 11 is 3.80. The Morgan fingerprint density at radius 3 is 2.55 bits per heavy atom. The summed E-state index contributed by atoms with van der Waals surface area (Å²) in [7, 11) is 0. The average molecular weight is 335 g/mol. The van der Waals surface area contributed by atoms with Crippen LogP contribution in [0.4, 0.5) is 0 Å². The lowest BCUT2D eigenvalue weighted by molar-refractivity contribution is 0.243. The predicted molar refractivity (Wildman–Crippen MR) is 88.4 cm³/mol. The third kappa shape index (κ3) is 2.65. The molecule has 0 bridgehead atoms. The van der Waals surface area contributed by atoms with Gasteiger partial charge in [-0.2, -0.15) is 0 Å². The van der Waals surface area contributed by atoms with Crippen LogP contribution < -0.4 is 0 Å². The second-order valence-electron chi connectivity index (χ2n) is 6.28. The van der Waals surface area contributed by atoms with E-state index < -0.39 is 0 Å². The number of imidazole rings is 1. The van der Waals surface area contributed by atoms with Gasteiger partial charge < -0.3 is 4.57 Å². The van der Waals surface area contributed by atoms with Crippen LogP contribution in [0.3, 0.4) is 0 Å². The number of halogens is 1. The first-order valence-electron chi connectivity index (χ1n) is 7.72. The summed E-state index contributed by atoms with van der Waals surface area (Å²) in [6.07, 6.45) is 8.22. The maximum absolute atomic E-state index is 4.72. The molecule has 0 amide bonds. The first-order valence-corrected chi connectivity index (χ1v) is 8.84. The molecule has 0 spiro atoms. The Labute approximate surface area is 129 Å². The van der Waals surface area contributed by atoms with E-state index in [2.05, 4.69) is 51.7 Å². The Morgan fingerprint density at radius 2 is 1.85 bits per heavy atom. The van der Waals surface area contributed by atoms with E-state index in [0.29, 0.717) is 5.41 Å². The highest BCUT2D eigenvalue weighted by atomic mass is 79.9. The van der Waals surface area contributed by atoms with Crippen LogP contribution in [0.2, 0.25) is 0 Å². The van der Waals surface area contributed by atoms with Crippen molar-refractivity contribution in [1.82, 2.24) is 9.55 Å². The van der Waals surface area contributed by atoms with Crippen LogP contribution in [0.15, 0.2) is 24.3 Å². The van der Waals surface area contributed by atoms with E-state index in [9.17, 15) is 0 Å². The normalized spacial score (nSPS) is 19.1. The van der Waals surface area contributed by atoms with E-state index >= 15 is 0 Å². The number of aryl methyl sites for hydroxylation is 1. The zero-order valence-corrected chi connectivity index (χ0v) is 13.8. The largest absolute Gasteiger partial charge is 0.328 e. The summed E-state index contributed by atoms with van der Waals surface area (Å²) in [6, 6.07) is 8.51. The molecule has 1 aromatic heterocycles. The van der Waals surface area contributed by atoms with E-state index in [4.69, 9.17) is 4.98 Å². The fourth-order valence-corrected chi connectivity index (χ4v) is 4.28. The molecular weight excluding hydrogens is 312 g/mol. The van der Waals surface area contributed by atoms with Gasteiger partial charge in [-0.1, -0.05) is 53.7 Å². The number of nitrogens with zero attached hydrogens (tertiary/aromatic N) is 2. The smallest absolute Gasteiger partial charge is 0.106 e. The Bertz CT molecular complexity index is 580. The monoisotopic (exact) mass is 334 g/mol. The number of para-hydroxylation sites is 2. The van der Waals surface area contributed by atoms with Crippen LogP contribution in [-0.2, 0) is 6.54 Å². The minimum atomic E-state index is 0.407. The maximum atomic E-state index is 4.72. The van der Waals surface area contributed by atoms with Crippen molar-refractivity contribution in [3.05, 3.63) is 30.1 Å². The van der Waals surface area contributed by atoms with Crippen LogP contribution in [-0.4, -0.2) is 14.9 Å². The number of hydrogen-bond acceptors (Lipinski definition) is 1. The lowest BCUT2D eigenvalue weighted by atomic mass is 9.82. The third-order valence-electron chi connectivity index (χ3n) is 4.79. The molecule has 0 radical (unpaired) electrons. The molecule has 3 heteroatoms. The summed E-state index contributed by atoms with van der Waals surface area (Å²) in [5.74, 6) is 1.15. The Kier molecular flexibility index (Phi) is 4.16. The minimum Gasteiger partial charge on any atom is -0.328 e. The molecule has 0 unspecified atom stereocenters. The van der Waals surface area contributed by atoms with Gasteiger partial charge in [0, 0.05) is 11.9 Å². The van der Waals surface area contributed by atoms with E-state index in [1.807, 2.05) is 0 Å². The van der Waals surface area contributed by atoms with Gasteiger partial charge in [0.2, 0.25) is 0 Å². The van der Waals surface area contributed by atoms with Gasteiger partial charge >= 0.3 is 0 Å². The SMILES string of the molecule is Cc1nc2ccccc2n1CC1(CBr)CCCCCC1. The number of rotatable bonds is 3. The Morgan fingerprint density at radius 1 is 1.15 bits per heavy atom. The number of aromatic nitrogens is 2. The quantitative estimate of drug-likeness (QED) is 0.565. The van der Waals surface area contributed by atoms with Crippen LogP contribution in [0.5, 0.6) is 0 Å². The molecule has 2 aromatic rings. The molecule has 3 rings (SSSR count). The lowest BCUT2D eigenvalue weighted by Gasteiger charge is -2.32. The average Bonchev–Trinajstić information content (AvgIpc) is 2.65. The molecule has 1 fully saturated rings. The molecule has 0 atom stereocenters. The van der Waals surface area contributed by atoms with Crippen LogP contribution in [0.25, 0.3) is 11.0 Å². The molecule has 1 saturated carbocycles. The highest BCUT2D eigenvalue weighted by Crippen LogP contribution is 2.39. The van der Waals surface area contributed by atoms with Crippen molar-refractivity contribution in [2.75, 3.05) is 5.33 Å². The Hall–Kier alpha value is -0.830. The van der Waals surface area contributed by atoms with Crippen molar-refractivity contribution >= 4 is 27.0 Å². The number of benzene rings is 1. The van der Waals surface area contributed by atoms with Crippen molar-refractivity contribution in [1.29, 1.82) is 0 Å². The van der Waals surface area contributed by atoms with Crippen molar-refractivity contribution in [3.8, 4) is 0 Å². The molecule has 1 heterocycles. The predicted octanol–water partition coefficient (Wildman–Crippen LogP) is 5.08. The van der Waals surface area contributed by atoms with Gasteiger partial charge in [-0.05, 0) is 37.3 Å². The van der Waals surface area contributed by atoms with Crippen LogP contribution in [0, 0.1) is 12.3 Å². The van der Waals surface area contributed by atoms with Crippen molar-refractivity contribution in [2.45, 2.75) is 52.0 Å². The van der Waals surface area contributed by atoms with Crippen molar-refractivity contribution in [3.63, 3.8) is 0 Å². The first-order chi connectivity index (χ1) is 9.74. The second-order valence-corrected chi connectivity index (χ2v) is 6.84. The number of fused-ring (bicyclic) bond motifs is 1. The molecule has 108 valence electrons. The topological polar surface area (TPSA) is 17.8 Å². The third-order valence-corrected chi connectivity index (χ3v) is 5.98. The van der Waals surface area contributed by atoms with Gasteiger partial charge in [-0.3, -0.25) is 0 Å². The van der Waals surface area contributed by atoms with Gasteiger partial charge in [0.1, 0.15) is 5.82 Å². The van der Waals surface area contributed by atoms with E-state index in [1.54, 1.807) is 0 Å². The molecule has 1 aliphatic rings. The summed E-state index contributed by atoms with van der Waals surface area (Å²) in [4.78, 5) is 4.72. The van der Waals surface area contributed by atoms with Gasteiger partial charge in [-0.15, -0.1) is 0 Å². The second kappa shape index (κ2) is 5.88. The van der Waals surface area contributed by atoms with Crippen molar-refractivity contribution in [2.24, 2.45) is 5.41 Å². The van der Waals surface area contributed by atoms with E-state index in [0.717, 1.165) is 23.2 Å². The zero-order valence-electron chi connectivity index (χ0n) is 12.2. The highest BCUT2D eigenvalue weighted by Gasteiger charge is 2.31. The highest BCUT2D eigenvalue weighted by molar-refractivity contribution is 9.09. The summed E-state index contributed by atoms with van der Waals surface area (Å²) < 4.78 is 2.43. The molecule has 20 heavy (non-hydrogen) atoms. The molecule has 0 N–H and O–H groups in total. The first kappa shape index (κ1) is 14.1. The molecule has 0 saturated heterocycles. The van der Waals surface area contributed by atoms with Gasteiger partial charge in [0.05, 0.1) is 11.0 Å².